The van der Waals surface area contributed by atoms with E-state index in [1.807, 2.05) is 84.9 Å². The Balaban J connectivity index is 1.92. The number of aliphatic carboxylic acids is 1. The molecule has 3 rings (SSSR count). The molecule has 43 heavy (non-hydrogen) atoms. The first-order valence-electron chi connectivity index (χ1n) is 14.4. The Morgan fingerprint density at radius 1 is 0.884 bits per heavy atom. The van der Waals surface area contributed by atoms with Crippen LogP contribution in [0.5, 0.6) is 5.75 Å². The van der Waals surface area contributed by atoms with Gasteiger partial charge >= 0.3 is 5.97 Å². The number of carbonyl (C=O) groups is 3. The Bertz CT molecular complexity index is 1290. The highest BCUT2D eigenvalue weighted by atomic mass is 16.5. The van der Waals surface area contributed by atoms with Crippen LogP contribution in [0.25, 0.3) is 0 Å². The average Bonchev–Trinajstić information content (AvgIpc) is 3.01. The van der Waals surface area contributed by atoms with Crippen LogP contribution in [0.2, 0.25) is 0 Å². The second kappa shape index (κ2) is 17.2. The zero-order valence-electron chi connectivity index (χ0n) is 24.5. The number of hydrogen-bond acceptors (Lipinski definition) is 5. The summed E-state index contributed by atoms with van der Waals surface area (Å²) in [5, 5.41) is 11.7. The molecule has 0 saturated heterocycles. The van der Waals surface area contributed by atoms with Gasteiger partial charge in [-0.3, -0.25) is 19.4 Å². The highest BCUT2D eigenvalue weighted by Crippen LogP contribution is 2.29. The van der Waals surface area contributed by atoms with Crippen LogP contribution < -0.4 is 21.5 Å². The first-order chi connectivity index (χ1) is 20.8. The second-order valence-electron chi connectivity index (χ2n) is 10.2. The Labute approximate surface area is 252 Å². The van der Waals surface area contributed by atoms with Crippen molar-refractivity contribution in [3.05, 3.63) is 102 Å². The van der Waals surface area contributed by atoms with Crippen molar-refractivity contribution >= 4 is 23.7 Å². The number of carboxylic acid groups (broad SMARTS) is 1. The van der Waals surface area contributed by atoms with Crippen molar-refractivity contribution in [2.24, 2.45) is 16.5 Å². The lowest BCUT2D eigenvalue weighted by atomic mass is 9.89. The molecule has 0 bridgehead atoms. The molecule has 0 saturated carbocycles. The van der Waals surface area contributed by atoms with E-state index in [0.29, 0.717) is 19.4 Å². The maximum absolute atomic E-state index is 14.6. The highest BCUT2D eigenvalue weighted by Gasteiger charge is 2.35. The Morgan fingerprint density at radius 3 is 2.02 bits per heavy atom. The zero-order chi connectivity index (χ0) is 31.0. The van der Waals surface area contributed by atoms with Crippen LogP contribution in [0.4, 0.5) is 0 Å². The smallest absolute Gasteiger partial charge is 0.322 e. The number of nitrogens with two attached hydrogens (primary N) is 2. The number of hydrogen-bond donors (Lipinski definition) is 4. The van der Waals surface area contributed by atoms with Crippen LogP contribution >= 0.6 is 0 Å². The molecule has 228 valence electrons. The third kappa shape index (κ3) is 10.5. The number of amides is 2. The van der Waals surface area contributed by atoms with Crippen molar-refractivity contribution in [1.82, 2.24) is 10.2 Å². The van der Waals surface area contributed by atoms with Gasteiger partial charge in [-0.1, -0.05) is 72.8 Å². The third-order valence-corrected chi connectivity index (χ3v) is 7.09. The second-order valence-corrected chi connectivity index (χ2v) is 10.2. The maximum atomic E-state index is 14.6. The van der Waals surface area contributed by atoms with Gasteiger partial charge in [0.05, 0.1) is 13.0 Å². The molecule has 0 aromatic heterocycles. The van der Waals surface area contributed by atoms with E-state index in [2.05, 4.69) is 10.3 Å². The lowest BCUT2D eigenvalue weighted by molar-refractivity contribution is -0.143. The van der Waals surface area contributed by atoms with Crippen molar-refractivity contribution in [1.29, 1.82) is 0 Å². The summed E-state index contributed by atoms with van der Waals surface area (Å²) >= 11 is 0. The van der Waals surface area contributed by atoms with Crippen LogP contribution in [0.1, 0.15) is 48.3 Å². The van der Waals surface area contributed by atoms with Gasteiger partial charge in [-0.2, -0.15) is 0 Å². The van der Waals surface area contributed by atoms with Crippen molar-refractivity contribution in [2.75, 3.05) is 26.7 Å². The highest BCUT2D eigenvalue weighted by molar-refractivity contribution is 5.93. The van der Waals surface area contributed by atoms with Crippen molar-refractivity contribution < 1.29 is 24.2 Å². The fraction of sp³-hybridized carbons (Fsp3) is 0.333. The van der Waals surface area contributed by atoms with Gasteiger partial charge in [-0.25, -0.2) is 0 Å². The van der Waals surface area contributed by atoms with Gasteiger partial charge in [0.25, 0.3) is 0 Å². The number of benzene rings is 3. The molecule has 0 heterocycles. The number of unbranched alkanes of at least 4 members (excludes halogenated alkanes) is 1. The van der Waals surface area contributed by atoms with E-state index in [1.54, 1.807) is 12.0 Å². The monoisotopic (exact) mass is 587 g/mol. The summed E-state index contributed by atoms with van der Waals surface area (Å²) in [7, 11) is 1.62. The number of guanidine groups is 1. The van der Waals surface area contributed by atoms with Gasteiger partial charge in [0.1, 0.15) is 18.3 Å². The van der Waals surface area contributed by atoms with Gasteiger partial charge in [0.2, 0.25) is 11.8 Å². The zero-order valence-corrected chi connectivity index (χ0v) is 24.5. The normalized spacial score (nSPS) is 11.4. The number of ether oxygens (including phenoxy) is 1. The number of nitrogens with one attached hydrogen (secondary N) is 1. The summed E-state index contributed by atoms with van der Waals surface area (Å²) in [6.07, 6.45) is 2.86. The lowest BCUT2D eigenvalue weighted by Gasteiger charge is -2.34. The number of rotatable bonds is 17. The average molecular weight is 588 g/mol. The largest absolute Gasteiger partial charge is 0.497 e. The summed E-state index contributed by atoms with van der Waals surface area (Å²) in [5.74, 6) is -1.88. The number of aliphatic imine (C=N–C) groups is 1. The molecular formula is C33H41N5O5. The molecule has 6 N–H and O–H groups in total. The first kappa shape index (κ1) is 32.7. The topological polar surface area (TPSA) is 160 Å². The summed E-state index contributed by atoms with van der Waals surface area (Å²) in [6, 6.07) is 25.8. The SMILES string of the molecule is COc1ccc(CCCCN(C(=O)C(c2ccccc2)c2ccccc2)[C@@H](CCCN=C(N)N)C(=O)NCC(=O)O)cc1. The van der Waals surface area contributed by atoms with Crippen LogP contribution in [0, 0.1) is 0 Å². The Kier molecular flexibility index (Phi) is 13.0. The van der Waals surface area contributed by atoms with E-state index in [9.17, 15) is 19.5 Å². The molecule has 0 fully saturated rings. The fourth-order valence-electron chi connectivity index (χ4n) is 4.96. The van der Waals surface area contributed by atoms with Gasteiger partial charge in [0.15, 0.2) is 5.96 Å². The molecule has 10 heteroatoms. The minimum absolute atomic E-state index is 0.0634. The number of carbonyl (C=O) groups excluding carboxylic acids is 2. The van der Waals surface area contributed by atoms with E-state index in [-0.39, 0.29) is 24.8 Å². The lowest BCUT2D eigenvalue weighted by Crippen LogP contribution is -2.52. The summed E-state index contributed by atoms with van der Waals surface area (Å²) in [4.78, 5) is 44.9. The molecule has 0 aliphatic carbocycles. The first-order valence-corrected chi connectivity index (χ1v) is 14.4. The van der Waals surface area contributed by atoms with Crippen molar-refractivity contribution in [2.45, 2.75) is 44.1 Å². The third-order valence-electron chi connectivity index (χ3n) is 7.09. The van der Waals surface area contributed by atoms with Crippen LogP contribution in [-0.4, -0.2) is 66.5 Å². The predicted octanol–water partition coefficient (Wildman–Crippen LogP) is 3.30. The molecule has 0 radical (unpaired) electrons. The Morgan fingerprint density at radius 2 is 1.49 bits per heavy atom. The minimum atomic E-state index is -1.17. The van der Waals surface area contributed by atoms with E-state index >= 15 is 0 Å². The summed E-state index contributed by atoms with van der Waals surface area (Å²) in [6.45, 7) is 0.0213. The molecule has 1 atom stereocenters. The fourth-order valence-corrected chi connectivity index (χ4v) is 4.96. The molecule has 3 aromatic rings. The molecule has 0 spiro atoms. The number of aryl methyl sites for hydroxylation is 1. The summed E-state index contributed by atoms with van der Waals surface area (Å²) in [5.41, 5.74) is 13.7. The summed E-state index contributed by atoms with van der Waals surface area (Å²) < 4.78 is 5.24. The van der Waals surface area contributed by atoms with E-state index in [0.717, 1.165) is 35.3 Å². The van der Waals surface area contributed by atoms with Gasteiger partial charge < -0.3 is 31.5 Å². The molecular weight excluding hydrogens is 546 g/mol. The van der Waals surface area contributed by atoms with Crippen LogP contribution in [0.3, 0.4) is 0 Å². The molecule has 10 nitrogen and oxygen atoms in total. The molecule has 0 aliphatic heterocycles. The van der Waals surface area contributed by atoms with Crippen molar-refractivity contribution in [3.63, 3.8) is 0 Å². The van der Waals surface area contributed by atoms with E-state index in [1.165, 1.54) is 0 Å². The quantitative estimate of drug-likeness (QED) is 0.107. The van der Waals surface area contributed by atoms with Gasteiger partial charge in [-0.15, -0.1) is 0 Å². The number of carboxylic acids is 1. The Hall–Kier alpha value is -4.86. The maximum Gasteiger partial charge on any atom is 0.322 e. The molecule has 0 unspecified atom stereocenters. The van der Waals surface area contributed by atoms with E-state index < -0.39 is 30.4 Å². The molecule has 3 aromatic carbocycles. The van der Waals surface area contributed by atoms with Gasteiger partial charge in [0, 0.05) is 13.1 Å². The minimum Gasteiger partial charge on any atom is -0.497 e. The van der Waals surface area contributed by atoms with E-state index in [4.69, 9.17) is 16.2 Å². The van der Waals surface area contributed by atoms with Crippen LogP contribution in [-0.2, 0) is 20.8 Å². The molecule has 2 amide bonds. The molecule has 0 aliphatic rings. The predicted molar refractivity (Wildman–Crippen MR) is 167 cm³/mol. The van der Waals surface area contributed by atoms with Gasteiger partial charge in [-0.05, 0) is 60.9 Å². The number of nitrogens with zero attached hydrogens (tertiary/aromatic N) is 2. The number of methoxy groups -OCH3 is 1. The van der Waals surface area contributed by atoms with Crippen molar-refractivity contribution in [3.8, 4) is 5.75 Å². The van der Waals surface area contributed by atoms with Crippen LogP contribution in [0.15, 0.2) is 89.9 Å². The standard InChI is InChI=1S/C33H41N5O5/c1-43-27-19-17-24(18-20-27)11-8-9-22-38(28(16-10-21-36-33(34)35)31(41)37-23-29(39)40)32(42)30(25-12-4-2-5-13-25)26-14-6-3-7-15-26/h2-7,12-15,17-20,28,30H,8-11,16,21-23H2,1H3,(H,37,41)(H,39,40)(H4,34,35,36)/t28-/m0/s1.